The predicted octanol–water partition coefficient (Wildman–Crippen LogP) is 1.95. The van der Waals surface area contributed by atoms with Crippen LogP contribution in [0.5, 0.6) is 0 Å². The van der Waals surface area contributed by atoms with Gasteiger partial charge in [-0.05, 0) is 30.5 Å². The minimum atomic E-state index is -0.326. The monoisotopic (exact) mass is 337 g/mol. The number of carbonyl (C=O) groups is 2. The highest BCUT2D eigenvalue weighted by molar-refractivity contribution is 9.10. The number of carbonyl (C=O) groups excluding carboxylic acids is 2. The first-order valence-electron chi connectivity index (χ1n) is 6.83. The number of ketones is 1. The molecule has 3 rings (SSSR count). The molecule has 0 aliphatic carbocycles. The van der Waals surface area contributed by atoms with Crippen LogP contribution < -0.4 is 0 Å². The van der Waals surface area contributed by atoms with Crippen LogP contribution in [0.15, 0.2) is 28.7 Å². The maximum absolute atomic E-state index is 12.3. The van der Waals surface area contributed by atoms with Crippen molar-refractivity contribution >= 4 is 27.6 Å². The number of nitrogens with zero attached hydrogens (tertiary/aromatic N) is 1. The van der Waals surface area contributed by atoms with E-state index in [0.717, 1.165) is 16.5 Å². The molecular formula is C15H16BrNO3. The summed E-state index contributed by atoms with van der Waals surface area (Å²) >= 11 is 3.39. The number of benzene rings is 1. The molecule has 0 bridgehead atoms. The minimum absolute atomic E-state index is 0.0458. The molecule has 1 aromatic rings. The van der Waals surface area contributed by atoms with Gasteiger partial charge < -0.3 is 9.64 Å². The summed E-state index contributed by atoms with van der Waals surface area (Å²) in [6.45, 7) is 0.798. The zero-order valence-electron chi connectivity index (χ0n) is 11.0. The molecule has 106 valence electrons. The van der Waals surface area contributed by atoms with Gasteiger partial charge in [0.15, 0.2) is 5.78 Å². The number of rotatable bonds is 3. The molecule has 1 aromatic carbocycles. The molecule has 2 heterocycles. The fourth-order valence-electron chi connectivity index (χ4n) is 2.92. The Balaban J connectivity index is 1.59. The van der Waals surface area contributed by atoms with E-state index >= 15 is 0 Å². The van der Waals surface area contributed by atoms with E-state index in [4.69, 9.17) is 4.74 Å². The number of hydrogen-bond donors (Lipinski definition) is 0. The van der Waals surface area contributed by atoms with Crippen molar-refractivity contribution in [3.63, 3.8) is 0 Å². The van der Waals surface area contributed by atoms with Crippen molar-refractivity contribution in [1.82, 2.24) is 4.90 Å². The van der Waals surface area contributed by atoms with Gasteiger partial charge in [-0.2, -0.15) is 0 Å². The molecule has 1 amide bonds. The highest BCUT2D eigenvalue weighted by atomic mass is 79.9. The maximum Gasteiger partial charge on any atom is 0.223 e. The van der Waals surface area contributed by atoms with Crippen molar-refractivity contribution in [1.29, 1.82) is 0 Å². The summed E-state index contributed by atoms with van der Waals surface area (Å²) in [5, 5.41) is 0. The molecule has 2 aliphatic rings. The molecule has 2 fully saturated rings. The van der Waals surface area contributed by atoms with Crippen LogP contribution in [0.4, 0.5) is 0 Å². The summed E-state index contributed by atoms with van der Waals surface area (Å²) in [5.74, 6) is 0.101. The van der Waals surface area contributed by atoms with Crippen LogP contribution in [0.1, 0.15) is 18.4 Å². The van der Waals surface area contributed by atoms with Crippen LogP contribution in [-0.2, 0) is 20.7 Å². The summed E-state index contributed by atoms with van der Waals surface area (Å²) in [6, 6.07) is 7.63. The Hall–Kier alpha value is -1.20. The standard InChI is InChI=1S/C15H16BrNO3/c16-11-4-1-10(2-5-11)3-6-14(19)17-8-7-13-15(17)12(18)9-20-13/h1-2,4-5,13,15H,3,6-9H2. The molecule has 0 spiro atoms. The van der Waals surface area contributed by atoms with E-state index in [9.17, 15) is 9.59 Å². The second-order valence-electron chi connectivity index (χ2n) is 5.26. The van der Waals surface area contributed by atoms with Crippen LogP contribution in [0.25, 0.3) is 0 Å². The lowest BCUT2D eigenvalue weighted by Gasteiger charge is -2.21. The fraction of sp³-hybridized carbons (Fsp3) is 0.467. The van der Waals surface area contributed by atoms with Crippen molar-refractivity contribution in [3.8, 4) is 0 Å². The molecule has 2 aliphatic heterocycles. The van der Waals surface area contributed by atoms with E-state index < -0.39 is 0 Å². The third-order valence-electron chi connectivity index (χ3n) is 3.97. The Morgan fingerprint density at radius 3 is 2.85 bits per heavy atom. The van der Waals surface area contributed by atoms with E-state index in [1.54, 1.807) is 4.90 Å². The largest absolute Gasteiger partial charge is 0.368 e. The van der Waals surface area contributed by atoms with Crippen LogP contribution in [0.2, 0.25) is 0 Å². The number of hydrogen-bond acceptors (Lipinski definition) is 3. The zero-order chi connectivity index (χ0) is 14.1. The van der Waals surface area contributed by atoms with Crippen LogP contribution in [0, 0.1) is 0 Å². The number of Topliss-reactive ketones (excluding diaryl/α,β-unsaturated/α-hetero) is 1. The SMILES string of the molecule is O=C1COC2CCN(C(=O)CCc3ccc(Br)cc3)C12. The highest BCUT2D eigenvalue weighted by Crippen LogP contribution is 2.27. The Morgan fingerprint density at radius 1 is 1.35 bits per heavy atom. The highest BCUT2D eigenvalue weighted by Gasteiger charge is 2.46. The van der Waals surface area contributed by atoms with Gasteiger partial charge in [0.05, 0.1) is 6.10 Å². The number of likely N-dealkylation sites (tertiary alicyclic amines) is 1. The smallest absolute Gasteiger partial charge is 0.223 e. The van der Waals surface area contributed by atoms with Gasteiger partial charge in [0.1, 0.15) is 12.6 Å². The summed E-state index contributed by atoms with van der Waals surface area (Å²) in [7, 11) is 0. The summed E-state index contributed by atoms with van der Waals surface area (Å²) in [5.41, 5.74) is 1.13. The molecule has 2 unspecified atom stereocenters. The van der Waals surface area contributed by atoms with Crippen molar-refractivity contribution in [2.75, 3.05) is 13.2 Å². The van der Waals surface area contributed by atoms with Gasteiger partial charge in [-0.3, -0.25) is 9.59 Å². The van der Waals surface area contributed by atoms with Crippen LogP contribution in [0.3, 0.4) is 0 Å². The molecule has 2 saturated heterocycles. The topological polar surface area (TPSA) is 46.6 Å². The molecule has 4 nitrogen and oxygen atoms in total. The normalized spacial score (nSPS) is 25.1. The van der Waals surface area contributed by atoms with E-state index in [0.29, 0.717) is 19.4 Å². The molecule has 20 heavy (non-hydrogen) atoms. The Labute approximate surface area is 126 Å². The molecule has 0 saturated carbocycles. The third kappa shape index (κ3) is 2.65. The van der Waals surface area contributed by atoms with Crippen molar-refractivity contribution < 1.29 is 14.3 Å². The zero-order valence-corrected chi connectivity index (χ0v) is 12.6. The van der Waals surface area contributed by atoms with Gasteiger partial charge in [0, 0.05) is 17.4 Å². The van der Waals surface area contributed by atoms with E-state index in [1.165, 1.54) is 0 Å². The first kappa shape index (κ1) is 13.8. The number of ether oxygens (including phenoxy) is 1. The van der Waals surface area contributed by atoms with Gasteiger partial charge in [-0.25, -0.2) is 0 Å². The second kappa shape index (κ2) is 5.66. The Morgan fingerprint density at radius 2 is 2.10 bits per heavy atom. The van der Waals surface area contributed by atoms with Crippen LogP contribution >= 0.6 is 15.9 Å². The Kier molecular flexibility index (Phi) is 3.89. The van der Waals surface area contributed by atoms with E-state index in [2.05, 4.69) is 15.9 Å². The van der Waals surface area contributed by atoms with Gasteiger partial charge >= 0.3 is 0 Å². The first-order valence-corrected chi connectivity index (χ1v) is 7.62. The average molecular weight is 338 g/mol. The molecule has 0 N–H and O–H groups in total. The minimum Gasteiger partial charge on any atom is -0.368 e. The van der Waals surface area contributed by atoms with Crippen molar-refractivity contribution in [2.24, 2.45) is 0 Å². The summed E-state index contributed by atoms with van der Waals surface area (Å²) in [6.07, 6.45) is 1.85. The molecule has 0 radical (unpaired) electrons. The Bertz CT molecular complexity index is 528. The van der Waals surface area contributed by atoms with Crippen LogP contribution in [-0.4, -0.2) is 41.9 Å². The lowest BCUT2D eigenvalue weighted by molar-refractivity contribution is -0.136. The van der Waals surface area contributed by atoms with Gasteiger partial charge in [0.25, 0.3) is 0 Å². The van der Waals surface area contributed by atoms with Crippen molar-refractivity contribution in [2.45, 2.75) is 31.4 Å². The number of fused-ring (bicyclic) bond motifs is 1. The lowest BCUT2D eigenvalue weighted by atomic mass is 10.1. The number of halogens is 1. The third-order valence-corrected chi connectivity index (χ3v) is 4.50. The van der Waals surface area contributed by atoms with Crippen molar-refractivity contribution in [3.05, 3.63) is 34.3 Å². The summed E-state index contributed by atoms with van der Waals surface area (Å²) < 4.78 is 6.43. The maximum atomic E-state index is 12.3. The number of aryl methyl sites for hydroxylation is 1. The molecule has 5 heteroatoms. The lowest BCUT2D eigenvalue weighted by Crippen LogP contribution is -2.42. The molecular weight excluding hydrogens is 322 g/mol. The van der Waals surface area contributed by atoms with E-state index in [1.807, 2.05) is 24.3 Å². The predicted molar refractivity (Wildman–Crippen MR) is 77.3 cm³/mol. The second-order valence-corrected chi connectivity index (χ2v) is 6.18. The van der Waals surface area contributed by atoms with Gasteiger partial charge in [0.2, 0.25) is 5.91 Å². The number of amides is 1. The first-order chi connectivity index (χ1) is 9.65. The molecule has 2 atom stereocenters. The average Bonchev–Trinajstić information content (AvgIpc) is 3.01. The fourth-order valence-corrected chi connectivity index (χ4v) is 3.18. The van der Waals surface area contributed by atoms with Gasteiger partial charge in [-0.1, -0.05) is 28.1 Å². The van der Waals surface area contributed by atoms with Gasteiger partial charge in [-0.15, -0.1) is 0 Å². The van der Waals surface area contributed by atoms with E-state index in [-0.39, 0.29) is 30.4 Å². The quantitative estimate of drug-likeness (QED) is 0.846. The summed E-state index contributed by atoms with van der Waals surface area (Å²) in [4.78, 5) is 25.7. The molecule has 0 aromatic heterocycles.